The number of nitrogens with zero attached hydrogens (tertiary/aromatic N) is 5. The molecule has 10 heteroatoms. The summed E-state index contributed by atoms with van der Waals surface area (Å²) in [6.07, 6.45) is 1.58. The predicted octanol–water partition coefficient (Wildman–Crippen LogP) is 0.998. The SMILES string of the molecule is CN1CCN(S(=O)(=O)N2CCN(Cc3ncc(Cl)cc3Cl)CC2)CC1. The summed E-state index contributed by atoms with van der Waals surface area (Å²) >= 11 is 12.0. The molecule has 140 valence electrons. The summed E-state index contributed by atoms with van der Waals surface area (Å²) < 4.78 is 28.7. The van der Waals surface area contributed by atoms with Crippen LogP contribution in [0.15, 0.2) is 12.3 Å². The number of halogens is 2. The summed E-state index contributed by atoms with van der Waals surface area (Å²) in [5, 5.41) is 1.05. The zero-order valence-corrected chi connectivity index (χ0v) is 16.6. The number of piperazine rings is 2. The molecule has 0 bridgehead atoms. The van der Waals surface area contributed by atoms with Crippen molar-refractivity contribution in [3.63, 3.8) is 0 Å². The molecule has 0 spiro atoms. The van der Waals surface area contributed by atoms with Crippen molar-refractivity contribution in [1.29, 1.82) is 0 Å². The molecule has 0 unspecified atom stereocenters. The molecule has 3 heterocycles. The van der Waals surface area contributed by atoms with Crippen LogP contribution in [-0.2, 0) is 16.8 Å². The number of aromatic nitrogens is 1. The van der Waals surface area contributed by atoms with E-state index in [1.165, 1.54) is 0 Å². The molecular formula is C15H23Cl2N5O2S. The Morgan fingerprint density at radius 2 is 1.56 bits per heavy atom. The van der Waals surface area contributed by atoms with Gasteiger partial charge in [0.1, 0.15) is 0 Å². The molecule has 0 radical (unpaired) electrons. The Morgan fingerprint density at radius 3 is 2.12 bits per heavy atom. The molecule has 1 aromatic heterocycles. The third-order valence-corrected chi connectivity index (χ3v) is 7.27. The number of rotatable bonds is 4. The average Bonchev–Trinajstić information content (AvgIpc) is 2.58. The van der Waals surface area contributed by atoms with Crippen molar-refractivity contribution in [2.45, 2.75) is 6.54 Å². The topological polar surface area (TPSA) is 60.0 Å². The quantitative estimate of drug-likeness (QED) is 0.744. The molecule has 2 saturated heterocycles. The van der Waals surface area contributed by atoms with Crippen LogP contribution in [0.4, 0.5) is 0 Å². The van der Waals surface area contributed by atoms with E-state index in [0.717, 1.165) is 18.8 Å². The first kappa shape index (κ1) is 19.3. The summed E-state index contributed by atoms with van der Waals surface area (Å²) in [6, 6.07) is 1.68. The molecule has 1 aromatic rings. The van der Waals surface area contributed by atoms with E-state index in [2.05, 4.69) is 14.8 Å². The maximum Gasteiger partial charge on any atom is 0.282 e. The minimum Gasteiger partial charge on any atom is -0.304 e. The maximum absolute atomic E-state index is 12.8. The van der Waals surface area contributed by atoms with Gasteiger partial charge < -0.3 is 4.90 Å². The maximum atomic E-state index is 12.8. The minimum absolute atomic E-state index is 0.486. The Hall–Kier alpha value is -0.480. The zero-order valence-electron chi connectivity index (χ0n) is 14.2. The molecule has 2 aliphatic rings. The number of hydrogen-bond donors (Lipinski definition) is 0. The van der Waals surface area contributed by atoms with Crippen LogP contribution < -0.4 is 0 Å². The lowest BCUT2D eigenvalue weighted by Gasteiger charge is -2.39. The Labute approximate surface area is 159 Å². The van der Waals surface area contributed by atoms with Gasteiger partial charge in [-0.15, -0.1) is 0 Å². The molecule has 2 aliphatic heterocycles. The Morgan fingerprint density at radius 1 is 1.00 bits per heavy atom. The van der Waals surface area contributed by atoms with Crippen molar-refractivity contribution in [2.75, 3.05) is 59.4 Å². The van der Waals surface area contributed by atoms with E-state index in [0.29, 0.717) is 55.9 Å². The molecule has 0 atom stereocenters. The van der Waals surface area contributed by atoms with E-state index in [9.17, 15) is 8.42 Å². The smallest absolute Gasteiger partial charge is 0.282 e. The molecule has 0 aliphatic carbocycles. The molecule has 0 aromatic carbocycles. The third-order valence-electron chi connectivity index (χ3n) is 4.70. The normalized spacial score (nSPS) is 22.4. The van der Waals surface area contributed by atoms with Crippen molar-refractivity contribution in [3.05, 3.63) is 28.0 Å². The highest BCUT2D eigenvalue weighted by Crippen LogP contribution is 2.21. The van der Waals surface area contributed by atoms with Gasteiger partial charge in [0.2, 0.25) is 0 Å². The van der Waals surface area contributed by atoms with Crippen LogP contribution in [0.2, 0.25) is 10.0 Å². The second-order valence-corrected chi connectivity index (χ2v) is 9.24. The molecule has 7 nitrogen and oxygen atoms in total. The van der Waals surface area contributed by atoms with Gasteiger partial charge in [0, 0.05) is 65.1 Å². The van der Waals surface area contributed by atoms with Gasteiger partial charge in [-0.1, -0.05) is 23.2 Å². The van der Waals surface area contributed by atoms with E-state index in [1.54, 1.807) is 20.9 Å². The number of hydrogen-bond acceptors (Lipinski definition) is 5. The average molecular weight is 408 g/mol. The number of likely N-dealkylation sites (N-methyl/N-ethyl adjacent to an activating group) is 1. The van der Waals surface area contributed by atoms with Gasteiger partial charge in [0.25, 0.3) is 10.2 Å². The van der Waals surface area contributed by atoms with Crippen molar-refractivity contribution >= 4 is 33.4 Å². The summed E-state index contributed by atoms with van der Waals surface area (Å²) in [5.74, 6) is 0. The number of pyridine rings is 1. The van der Waals surface area contributed by atoms with Gasteiger partial charge >= 0.3 is 0 Å². The largest absolute Gasteiger partial charge is 0.304 e. The Bertz CT molecular complexity index is 702. The Balaban J connectivity index is 1.56. The summed E-state index contributed by atoms with van der Waals surface area (Å²) in [7, 11) is -1.35. The van der Waals surface area contributed by atoms with Crippen molar-refractivity contribution in [3.8, 4) is 0 Å². The predicted molar refractivity (Wildman–Crippen MR) is 99.1 cm³/mol. The summed E-state index contributed by atoms with van der Waals surface area (Å²) in [4.78, 5) is 8.58. The van der Waals surface area contributed by atoms with E-state index in [-0.39, 0.29) is 0 Å². The van der Waals surface area contributed by atoms with Gasteiger partial charge in [-0.05, 0) is 13.1 Å². The van der Waals surface area contributed by atoms with Crippen LogP contribution in [0.25, 0.3) is 0 Å². The van der Waals surface area contributed by atoms with Crippen molar-refractivity contribution in [2.24, 2.45) is 0 Å². The van der Waals surface area contributed by atoms with Crippen LogP contribution >= 0.6 is 23.2 Å². The second-order valence-electron chi connectivity index (χ2n) is 6.47. The Kier molecular flexibility index (Phi) is 6.20. The van der Waals surface area contributed by atoms with Crippen LogP contribution in [0.3, 0.4) is 0 Å². The summed E-state index contributed by atoms with van der Waals surface area (Å²) in [5.41, 5.74) is 0.765. The lowest BCUT2D eigenvalue weighted by molar-refractivity contribution is 0.164. The monoisotopic (exact) mass is 407 g/mol. The van der Waals surface area contributed by atoms with E-state index in [1.807, 2.05) is 7.05 Å². The van der Waals surface area contributed by atoms with Gasteiger partial charge in [-0.25, -0.2) is 0 Å². The van der Waals surface area contributed by atoms with Gasteiger partial charge in [0.15, 0.2) is 0 Å². The van der Waals surface area contributed by atoms with E-state index in [4.69, 9.17) is 23.2 Å². The molecule has 0 saturated carbocycles. The highest BCUT2D eigenvalue weighted by atomic mass is 35.5. The molecule has 0 N–H and O–H groups in total. The first-order valence-electron chi connectivity index (χ1n) is 8.32. The van der Waals surface area contributed by atoms with Crippen LogP contribution in [0.5, 0.6) is 0 Å². The molecule has 25 heavy (non-hydrogen) atoms. The minimum atomic E-state index is -3.36. The van der Waals surface area contributed by atoms with Crippen LogP contribution in [0, 0.1) is 0 Å². The van der Waals surface area contributed by atoms with E-state index >= 15 is 0 Å². The molecule has 0 amide bonds. The van der Waals surface area contributed by atoms with Crippen molar-refractivity contribution in [1.82, 2.24) is 23.4 Å². The molecule has 2 fully saturated rings. The summed E-state index contributed by atoms with van der Waals surface area (Å²) in [6.45, 7) is 5.56. The lowest BCUT2D eigenvalue weighted by Crippen LogP contribution is -2.56. The van der Waals surface area contributed by atoms with E-state index < -0.39 is 10.2 Å². The second kappa shape index (κ2) is 8.04. The molecule has 3 rings (SSSR count). The standard InChI is InChI=1S/C15H23Cl2N5O2S/c1-19-2-6-21(7-3-19)25(23,24)22-8-4-20(5-9-22)12-15-14(17)10-13(16)11-18-15/h10-11H,2-9,12H2,1H3. The lowest BCUT2D eigenvalue weighted by atomic mass is 10.3. The van der Waals surface area contributed by atoms with Gasteiger partial charge in [0.05, 0.1) is 15.7 Å². The third kappa shape index (κ3) is 4.63. The first-order chi connectivity index (χ1) is 11.9. The fourth-order valence-corrected chi connectivity index (χ4v) is 5.09. The fraction of sp³-hybridized carbons (Fsp3) is 0.667. The highest BCUT2D eigenvalue weighted by molar-refractivity contribution is 7.86. The van der Waals surface area contributed by atoms with Crippen LogP contribution in [0.1, 0.15) is 5.69 Å². The molecular weight excluding hydrogens is 385 g/mol. The van der Waals surface area contributed by atoms with Crippen LogP contribution in [-0.4, -0.2) is 91.2 Å². The fourth-order valence-electron chi connectivity index (χ4n) is 3.07. The first-order valence-corrected chi connectivity index (χ1v) is 10.5. The van der Waals surface area contributed by atoms with Gasteiger partial charge in [-0.2, -0.15) is 17.0 Å². The zero-order chi connectivity index (χ0) is 18.0. The van der Waals surface area contributed by atoms with Gasteiger partial charge in [-0.3, -0.25) is 9.88 Å². The highest BCUT2D eigenvalue weighted by Gasteiger charge is 2.33. The van der Waals surface area contributed by atoms with Crippen molar-refractivity contribution < 1.29 is 8.42 Å².